The summed E-state index contributed by atoms with van der Waals surface area (Å²) in [6.45, 7) is 0.438. The van der Waals surface area contributed by atoms with Gasteiger partial charge in [0.2, 0.25) is 0 Å². The molecule has 5 heteroatoms. The molecule has 0 aliphatic carbocycles. The first kappa shape index (κ1) is 23.4. The smallest absolute Gasteiger partial charge is 0.303 e. The van der Waals surface area contributed by atoms with Crippen molar-refractivity contribution in [3.63, 3.8) is 0 Å². The number of nitrogens with one attached hydrogen (secondary N) is 1. The molecule has 0 unspecified atom stereocenters. The van der Waals surface area contributed by atoms with E-state index < -0.39 is 11.6 Å². The number of hydrogen-bond acceptors (Lipinski definition) is 3. The molecule has 0 aromatic heterocycles. The van der Waals surface area contributed by atoms with Gasteiger partial charge in [-0.3, -0.25) is 9.59 Å². The highest BCUT2D eigenvalue weighted by Crippen LogP contribution is 2.44. The molecule has 1 aliphatic heterocycles. The van der Waals surface area contributed by atoms with Crippen LogP contribution in [-0.2, 0) is 10.4 Å². The standard InChI is InChI=1S/C31H27NO4/c33-29(34)16-7-8-21-32-30(35)27-15-9-14-24-25(27)17-18-28-26(24)19-20-31(36-28,22-10-3-1-4-11-22)23-12-5-2-6-13-23/h1-6,9-15,17-20H,7-8,16,21H2,(H,32,35)(H,33,34). The summed E-state index contributed by atoms with van der Waals surface area (Å²) in [6.07, 6.45) is 5.45. The van der Waals surface area contributed by atoms with Crippen molar-refractivity contribution in [2.24, 2.45) is 0 Å². The van der Waals surface area contributed by atoms with E-state index in [1.54, 1.807) is 0 Å². The molecule has 0 radical (unpaired) electrons. The van der Waals surface area contributed by atoms with E-state index in [0.717, 1.165) is 33.2 Å². The van der Waals surface area contributed by atoms with E-state index in [2.05, 4.69) is 41.7 Å². The lowest BCUT2D eigenvalue weighted by Crippen LogP contribution is -2.34. The minimum Gasteiger partial charge on any atom is -0.481 e. The summed E-state index contributed by atoms with van der Waals surface area (Å²) >= 11 is 0. The van der Waals surface area contributed by atoms with Crippen molar-refractivity contribution in [1.29, 1.82) is 0 Å². The zero-order chi connectivity index (χ0) is 25.0. The van der Waals surface area contributed by atoms with E-state index in [9.17, 15) is 9.59 Å². The zero-order valence-corrected chi connectivity index (χ0v) is 19.8. The fourth-order valence-electron chi connectivity index (χ4n) is 4.78. The van der Waals surface area contributed by atoms with E-state index in [1.165, 1.54) is 0 Å². The molecule has 5 rings (SSSR count). The minimum atomic E-state index is -0.820. The van der Waals surface area contributed by atoms with Crippen molar-refractivity contribution in [3.05, 3.63) is 119 Å². The lowest BCUT2D eigenvalue weighted by molar-refractivity contribution is -0.137. The van der Waals surface area contributed by atoms with Crippen LogP contribution in [0, 0.1) is 0 Å². The summed E-state index contributed by atoms with van der Waals surface area (Å²) < 4.78 is 6.78. The van der Waals surface area contributed by atoms with Crippen LogP contribution in [-0.4, -0.2) is 23.5 Å². The Balaban J connectivity index is 1.48. The van der Waals surface area contributed by atoms with Crippen molar-refractivity contribution in [3.8, 4) is 5.75 Å². The first-order valence-corrected chi connectivity index (χ1v) is 12.1. The predicted octanol–water partition coefficient (Wildman–Crippen LogP) is 6.17. The maximum Gasteiger partial charge on any atom is 0.303 e. The van der Waals surface area contributed by atoms with Gasteiger partial charge >= 0.3 is 5.97 Å². The number of carboxylic acids is 1. The van der Waals surface area contributed by atoms with Crippen molar-refractivity contribution in [2.75, 3.05) is 6.54 Å². The van der Waals surface area contributed by atoms with Gasteiger partial charge in [0, 0.05) is 35.2 Å². The highest BCUT2D eigenvalue weighted by molar-refractivity contribution is 6.09. The van der Waals surface area contributed by atoms with E-state index >= 15 is 0 Å². The summed E-state index contributed by atoms with van der Waals surface area (Å²) in [5, 5.41) is 13.5. The van der Waals surface area contributed by atoms with Gasteiger partial charge in [-0.1, -0.05) is 72.8 Å². The number of aliphatic carboxylic acids is 1. The largest absolute Gasteiger partial charge is 0.481 e. The van der Waals surface area contributed by atoms with Gasteiger partial charge in [-0.25, -0.2) is 0 Å². The van der Waals surface area contributed by atoms with Gasteiger partial charge in [-0.05, 0) is 54.0 Å². The molecule has 1 aliphatic rings. The number of unbranched alkanes of at least 4 members (excludes halogenated alkanes) is 1. The molecule has 0 bridgehead atoms. The number of carbonyl (C=O) groups excluding carboxylic acids is 1. The molecule has 0 fully saturated rings. The van der Waals surface area contributed by atoms with Gasteiger partial charge in [-0.2, -0.15) is 0 Å². The van der Waals surface area contributed by atoms with Gasteiger partial charge in [0.15, 0.2) is 5.60 Å². The summed E-state index contributed by atoms with van der Waals surface area (Å²) in [6, 6.07) is 29.9. The van der Waals surface area contributed by atoms with Crippen LogP contribution in [0.5, 0.6) is 5.75 Å². The monoisotopic (exact) mass is 477 g/mol. The lowest BCUT2D eigenvalue weighted by Gasteiger charge is -2.36. The normalized spacial score (nSPS) is 13.6. The molecule has 1 heterocycles. The Morgan fingerprint density at radius 3 is 2.14 bits per heavy atom. The molecule has 36 heavy (non-hydrogen) atoms. The topological polar surface area (TPSA) is 75.6 Å². The van der Waals surface area contributed by atoms with Crippen molar-refractivity contribution < 1.29 is 19.4 Å². The highest BCUT2D eigenvalue weighted by atomic mass is 16.5. The molecule has 4 aromatic carbocycles. The van der Waals surface area contributed by atoms with Crippen LogP contribution in [0.2, 0.25) is 0 Å². The second kappa shape index (κ2) is 10.1. The van der Waals surface area contributed by atoms with E-state index in [0.29, 0.717) is 24.9 Å². The number of carbonyl (C=O) groups is 2. The second-order valence-electron chi connectivity index (χ2n) is 8.89. The van der Waals surface area contributed by atoms with Crippen LogP contribution in [0.3, 0.4) is 0 Å². The van der Waals surface area contributed by atoms with Gasteiger partial charge in [0.05, 0.1) is 0 Å². The maximum absolute atomic E-state index is 12.9. The molecule has 1 amide bonds. The van der Waals surface area contributed by atoms with Gasteiger partial charge in [0.1, 0.15) is 5.75 Å². The SMILES string of the molecule is O=C(O)CCCCNC(=O)c1cccc2c3c(ccc12)OC(c1ccccc1)(c1ccccc1)C=C3. The third-order valence-electron chi connectivity index (χ3n) is 6.57. The first-order chi connectivity index (χ1) is 17.6. The maximum atomic E-state index is 12.9. The number of amides is 1. The molecular weight excluding hydrogens is 450 g/mol. The quantitative estimate of drug-likeness (QED) is 0.298. The molecule has 0 spiro atoms. The van der Waals surface area contributed by atoms with Gasteiger partial charge in [0.25, 0.3) is 5.91 Å². The third kappa shape index (κ3) is 4.48. The molecular formula is C31H27NO4. The summed E-state index contributed by atoms with van der Waals surface area (Å²) in [5.41, 5.74) is 2.84. The Morgan fingerprint density at radius 1 is 0.778 bits per heavy atom. The number of hydrogen-bond donors (Lipinski definition) is 2. The molecule has 0 atom stereocenters. The van der Waals surface area contributed by atoms with Crippen molar-refractivity contribution in [2.45, 2.75) is 24.9 Å². The average molecular weight is 478 g/mol. The number of fused-ring (bicyclic) bond motifs is 3. The number of ether oxygens (including phenoxy) is 1. The van der Waals surface area contributed by atoms with Crippen LogP contribution in [0.15, 0.2) is 97.1 Å². The van der Waals surface area contributed by atoms with E-state index in [4.69, 9.17) is 9.84 Å². The van der Waals surface area contributed by atoms with Crippen LogP contribution in [0.4, 0.5) is 0 Å². The molecule has 0 saturated heterocycles. The van der Waals surface area contributed by atoms with Crippen molar-refractivity contribution in [1.82, 2.24) is 5.32 Å². The van der Waals surface area contributed by atoms with Crippen LogP contribution < -0.4 is 10.1 Å². The fraction of sp³-hybridized carbons (Fsp3) is 0.161. The Labute approximate surface area is 210 Å². The van der Waals surface area contributed by atoms with Crippen molar-refractivity contribution >= 4 is 28.7 Å². The third-order valence-corrected chi connectivity index (χ3v) is 6.57. The average Bonchev–Trinajstić information content (AvgIpc) is 2.92. The van der Waals surface area contributed by atoms with Crippen LogP contribution in [0.25, 0.3) is 16.8 Å². The summed E-state index contributed by atoms with van der Waals surface area (Å²) in [7, 11) is 0. The molecule has 180 valence electrons. The Bertz CT molecular complexity index is 1390. The Morgan fingerprint density at radius 2 is 1.47 bits per heavy atom. The Hall–Kier alpha value is -4.38. The van der Waals surface area contributed by atoms with Gasteiger partial charge in [-0.15, -0.1) is 0 Å². The minimum absolute atomic E-state index is 0.107. The molecule has 4 aromatic rings. The number of carboxylic acid groups (broad SMARTS) is 1. The van der Waals surface area contributed by atoms with Gasteiger partial charge < -0.3 is 15.2 Å². The molecule has 5 nitrogen and oxygen atoms in total. The summed E-state index contributed by atoms with van der Waals surface area (Å²) in [5.74, 6) is -0.234. The van der Waals surface area contributed by atoms with E-state index in [-0.39, 0.29) is 12.3 Å². The number of rotatable bonds is 8. The molecule has 2 N–H and O–H groups in total. The lowest BCUT2D eigenvalue weighted by atomic mass is 9.83. The van der Waals surface area contributed by atoms with Crippen LogP contribution >= 0.6 is 0 Å². The van der Waals surface area contributed by atoms with E-state index in [1.807, 2.05) is 66.7 Å². The zero-order valence-electron chi connectivity index (χ0n) is 19.8. The molecule has 0 saturated carbocycles. The first-order valence-electron chi connectivity index (χ1n) is 12.1. The Kier molecular flexibility index (Phi) is 6.54. The van der Waals surface area contributed by atoms with Crippen LogP contribution in [0.1, 0.15) is 46.3 Å². The highest BCUT2D eigenvalue weighted by Gasteiger charge is 2.37. The second-order valence-corrected chi connectivity index (χ2v) is 8.89. The predicted molar refractivity (Wildman–Crippen MR) is 141 cm³/mol. The number of benzene rings is 4. The summed E-state index contributed by atoms with van der Waals surface area (Å²) in [4.78, 5) is 23.6. The fourth-order valence-corrected chi connectivity index (χ4v) is 4.78.